The normalized spacial score (nSPS) is 24.8. The summed E-state index contributed by atoms with van der Waals surface area (Å²) in [7, 11) is 0. The summed E-state index contributed by atoms with van der Waals surface area (Å²) in [6, 6.07) is 5.32. The quantitative estimate of drug-likeness (QED) is 0.890. The van der Waals surface area contributed by atoms with Crippen LogP contribution in [0.25, 0.3) is 0 Å². The van der Waals surface area contributed by atoms with Gasteiger partial charge in [-0.1, -0.05) is 26.0 Å². The average Bonchev–Trinajstić information content (AvgIpc) is 2.42. The molecule has 0 aromatic heterocycles. The predicted molar refractivity (Wildman–Crippen MR) is 80.5 cm³/mol. The van der Waals surface area contributed by atoms with Gasteiger partial charge in [-0.2, -0.15) is 0 Å². The summed E-state index contributed by atoms with van der Waals surface area (Å²) in [6.07, 6.45) is 0.510. The summed E-state index contributed by atoms with van der Waals surface area (Å²) in [5.41, 5.74) is 1.61. The van der Waals surface area contributed by atoms with E-state index in [1.54, 1.807) is 6.07 Å². The molecule has 3 nitrogen and oxygen atoms in total. The Labute approximate surface area is 120 Å². The van der Waals surface area contributed by atoms with E-state index in [-0.39, 0.29) is 23.9 Å². The van der Waals surface area contributed by atoms with E-state index in [2.05, 4.69) is 5.32 Å². The molecule has 1 heterocycles. The molecule has 1 fully saturated rings. The minimum Gasteiger partial charge on any atom is -0.391 e. The van der Waals surface area contributed by atoms with Crippen molar-refractivity contribution in [2.75, 3.05) is 24.5 Å². The van der Waals surface area contributed by atoms with Gasteiger partial charge in [-0.25, -0.2) is 4.39 Å². The van der Waals surface area contributed by atoms with Crippen molar-refractivity contribution < 1.29 is 9.50 Å². The molecule has 3 unspecified atom stereocenters. The van der Waals surface area contributed by atoms with Crippen molar-refractivity contribution in [3.63, 3.8) is 0 Å². The van der Waals surface area contributed by atoms with E-state index in [4.69, 9.17) is 0 Å². The topological polar surface area (TPSA) is 35.5 Å². The molecule has 4 heteroatoms. The summed E-state index contributed by atoms with van der Waals surface area (Å²) in [5.74, 6) is 0.0849. The van der Waals surface area contributed by atoms with Gasteiger partial charge in [-0.05, 0) is 37.4 Å². The Kier molecular flexibility index (Phi) is 5.00. The van der Waals surface area contributed by atoms with Crippen LogP contribution in [0.15, 0.2) is 18.2 Å². The second kappa shape index (κ2) is 6.55. The minimum absolute atomic E-state index is 0.0993. The molecule has 0 radical (unpaired) electrons. The van der Waals surface area contributed by atoms with Crippen LogP contribution in [0.2, 0.25) is 0 Å². The number of nitrogens with zero attached hydrogens (tertiary/aromatic N) is 1. The molecule has 0 spiro atoms. The van der Waals surface area contributed by atoms with E-state index in [0.717, 1.165) is 25.1 Å². The lowest BCUT2D eigenvalue weighted by Gasteiger charge is -2.37. The van der Waals surface area contributed by atoms with Crippen LogP contribution in [0.3, 0.4) is 0 Å². The molecule has 20 heavy (non-hydrogen) atoms. The molecule has 3 atom stereocenters. The van der Waals surface area contributed by atoms with E-state index in [0.29, 0.717) is 12.2 Å². The first-order chi connectivity index (χ1) is 9.54. The highest BCUT2D eigenvalue weighted by molar-refractivity contribution is 5.56. The highest BCUT2D eigenvalue weighted by Gasteiger charge is 2.28. The standard InChI is InChI=1S/C16H25FN2O/c1-4-18-12(3)13-6-5-7-14(17)16(13)19-9-8-11(2)15(20)10-19/h5-7,11-12,15,18,20H,4,8-10H2,1-3H3. The summed E-state index contributed by atoms with van der Waals surface area (Å²) in [5, 5.41) is 13.4. The van der Waals surface area contributed by atoms with Crippen molar-refractivity contribution >= 4 is 5.69 Å². The number of para-hydroxylation sites is 1. The zero-order chi connectivity index (χ0) is 14.7. The Morgan fingerprint density at radius 1 is 1.50 bits per heavy atom. The van der Waals surface area contributed by atoms with Gasteiger partial charge in [0.15, 0.2) is 0 Å². The first kappa shape index (κ1) is 15.3. The molecule has 1 aliphatic heterocycles. The lowest BCUT2D eigenvalue weighted by atomic mass is 9.94. The van der Waals surface area contributed by atoms with E-state index >= 15 is 0 Å². The van der Waals surface area contributed by atoms with Crippen LogP contribution in [0, 0.1) is 11.7 Å². The van der Waals surface area contributed by atoms with Crippen molar-refractivity contribution in [1.29, 1.82) is 0 Å². The lowest BCUT2D eigenvalue weighted by molar-refractivity contribution is 0.102. The van der Waals surface area contributed by atoms with Crippen LogP contribution in [0.1, 0.15) is 38.8 Å². The van der Waals surface area contributed by atoms with Crippen LogP contribution < -0.4 is 10.2 Å². The van der Waals surface area contributed by atoms with Gasteiger partial charge in [-0.3, -0.25) is 0 Å². The number of hydrogen-bond acceptors (Lipinski definition) is 3. The minimum atomic E-state index is -0.384. The maximum atomic E-state index is 14.3. The molecule has 0 aliphatic carbocycles. The largest absolute Gasteiger partial charge is 0.391 e. The molecule has 112 valence electrons. The van der Waals surface area contributed by atoms with Gasteiger partial charge in [0.1, 0.15) is 5.82 Å². The van der Waals surface area contributed by atoms with Crippen molar-refractivity contribution in [1.82, 2.24) is 5.32 Å². The molecule has 0 bridgehead atoms. The van der Waals surface area contributed by atoms with Crippen molar-refractivity contribution in [3.05, 3.63) is 29.6 Å². The molecular weight excluding hydrogens is 255 g/mol. The number of anilines is 1. The number of rotatable bonds is 4. The van der Waals surface area contributed by atoms with Crippen molar-refractivity contribution in [2.45, 2.75) is 39.3 Å². The Bertz CT molecular complexity index is 452. The van der Waals surface area contributed by atoms with E-state index < -0.39 is 0 Å². The molecular formula is C16H25FN2O. The van der Waals surface area contributed by atoms with Crippen LogP contribution in [0.4, 0.5) is 10.1 Å². The Hall–Kier alpha value is -1.13. The maximum Gasteiger partial charge on any atom is 0.146 e. The first-order valence-corrected chi connectivity index (χ1v) is 7.49. The fraction of sp³-hybridized carbons (Fsp3) is 0.625. The number of hydrogen-bond donors (Lipinski definition) is 2. The van der Waals surface area contributed by atoms with Crippen LogP contribution >= 0.6 is 0 Å². The molecule has 0 saturated carbocycles. The fourth-order valence-electron chi connectivity index (χ4n) is 2.88. The number of β-amino-alcohol motifs (C(OH)–C–C–N with tert-alkyl or cyclic N) is 1. The first-order valence-electron chi connectivity index (χ1n) is 7.49. The zero-order valence-electron chi connectivity index (χ0n) is 12.6. The number of piperidine rings is 1. The smallest absolute Gasteiger partial charge is 0.146 e. The average molecular weight is 280 g/mol. The lowest BCUT2D eigenvalue weighted by Crippen LogP contribution is -2.44. The van der Waals surface area contributed by atoms with Gasteiger partial charge in [0, 0.05) is 19.1 Å². The van der Waals surface area contributed by atoms with E-state index in [9.17, 15) is 9.50 Å². The van der Waals surface area contributed by atoms with Gasteiger partial charge in [0.05, 0.1) is 11.8 Å². The Balaban J connectivity index is 2.30. The summed E-state index contributed by atoms with van der Waals surface area (Å²) < 4.78 is 14.3. The number of nitrogens with one attached hydrogen (secondary N) is 1. The van der Waals surface area contributed by atoms with E-state index in [1.165, 1.54) is 6.07 Å². The molecule has 2 N–H and O–H groups in total. The fourth-order valence-corrected chi connectivity index (χ4v) is 2.88. The number of benzene rings is 1. The van der Waals surface area contributed by atoms with Crippen molar-refractivity contribution in [3.8, 4) is 0 Å². The van der Waals surface area contributed by atoms with E-state index in [1.807, 2.05) is 31.7 Å². The molecule has 1 aromatic carbocycles. The third-order valence-corrected chi connectivity index (χ3v) is 4.23. The summed E-state index contributed by atoms with van der Waals surface area (Å²) in [6.45, 7) is 8.29. The molecule has 0 amide bonds. The van der Waals surface area contributed by atoms with Crippen LogP contribution in [-0.2, 0) is 0 Å². The molecule has 1 saturated heterocycles. The van der Waals surface area contributed by atoms with Crippen molar-refractivity contribution in [2.24, 2.45) is 5.92 Å². The van der Waals surface area contributed by atoms with Gasteiger partial charge in [0.25, 0.3) is 0 Å². The third kappa shape index (κ3) is 3.13. The molecule has 2 rings (SSSR count). The Morgan fingerprint density at radius 3 is 2.90 bits per heavy atom. The number of aliphatic hydroxyl groups excluding tert-OH is 1. The van der Waals surface area contributed by atoms with Crippen LogP contribution in [-0.4, -0.2) is 30.8 Å². The second-order valence-corrected chi connectivity index (χ2v) is 5.74. The molecule has 1 aliphatic rings. The third-order valence-electron chi connectivity index (χ3n) is 4.23. The SMILES string of the molecule is CCNC(C)c1cccc(F)c1N1CCC(C)C(O)C1. The predicted octanol–water partition coefficient (Wildman–Crippen LogP) is 2.70. The summed E-state index contributed by atoms with van der Waals surface area (Å²) >= 11 is 0. The Morgan fingerprint density at radius 2 is 2.25 bits per heavy atom. The number of aliphatic hydroxyl groups is 1. The highest BCUT2D eigenvalue weighted by Crippen LogP contribution is 2.32. The van der Waals surface area contributed by atoms with Crippen LogP contribution in [0.5, 0.6) is 0 Å². The monoisotopic (exact) mass is 280 g/mol. The maximum absolute atomic E-state index is 14.3. The van der Waals surface area contributed by atoms with Gasteiger partial charge in [0.2, 0.25) is 0 Å². The second-order valence-electron chi connectivity index (χ2n) is 5.74. The van der Waals surface area contributed by atoms with Gasteiger partial charge >= 0.3 is 0 Å². The number of halogens is 1. The highest BCUT2D eigenvalue weighted by atomic mass is 19.1. The van der Waals surface area contributed by atoms with Gasteiger partial charge < -0.3 is 15.3 Å². The van der Waals surface area contributed by atoms with Gasteiger partial charge in [-0.15, -0.1) is 0 Å². The molecule has 1 aromatic rings. The zero-order valence-corrected chi connectivity index (χ0v) is 12.6. The summed E-state index contributed by atoms with van der Waals surface area (Å²) in [4.78, 5) is 1.99.